The van der Waals surface area contributed by atoms with Gasteiger partial charge in [0.1, 0.15) is 12.6 Å². The number of aromatic nitrogens is 4. The third kappa shape index (κ3) is 4.81. The second-order valence-corrected chi connectivity index (χ2v) is 5.67. The van der Waals surface area contributed by atoms with Gasteiger partial charge in [-0.2, -0.15) is 4.80 Å². The first-order chi connectivity index (χ1) is 12.1. The van der Waals surface area contributed by atoms with Crippen LogP contribution in [0.5, 0.6) is 0 Å². The van der Waals surface area contributed by atoms with Crippen LogP contribution < -0.4 is 11.1 Å². The molecule has 132 valence electrons. The Kier molecular flexibility index (Phi) is 5.31. The fraction of sp³-hybridized carbons (Fsp3) is 0.400. The zero-order chi connectivity index (χ0) is 17.6. The summed E-state index contributed by atoms with van der Waals surface area (Å²) in [4.78, 5) is 25.5. The van der Waals surface area contributed by atoms with Crippen molar-refractivity contribution in [1.82, 2.24) is 30.4 Å². The third-order valence-electron chi connectivity index (χ3n) is 3.70. The van der Waals surface area contributed by atoms with E-state index >= 15 is 0 Å². The summed E-state index contributed by atoms with van der Waals surface area (Å²) in [5, 5.41) is 13.9. The highest BCUT2D eigenvalue weighted by atomic mass is 16.5. The molecule has 0 aliphatic carbocycles. The lowest BCUT2D eigenvalue weighted by Crippen LogP contribution is -2.38. The van der Waals surface area contributed by atoms with Gasteiger partial charge in [0, 0.05) is 19.6 Å². The van der Waals surface area contributed by atoms with Gasteiger partial charge in [0.15, 0.2) is 0 Å². The number of primary amides is 1. The highest BCUT2D eigenvalue weighted by Gasteiger charge is 2.26. The van der Waals surface area contributed by atoms with Gasteiger partial charge in [-0.05, 0) is 10.8 Å². The van der Waals surface area contributed by atoms with E-state index in [2.05, 4.69) is 32.4 Å². The highest BCUT2D eigenvalue weighted by Crippen LogP contribution is 2.19. The van der Waals surface area contributed by atoms with Crippen LogP contribution in [0.4, 0.5) is 4.79 Å². The third-order valence-corrected chi connectivity index (χ3v) is 3.70. The van der Waals surface area contributed by atoms with E-state index in [9.17, 15) is 9.59 Å². The van der Waals surface area contributed by atoms with Gasteiger partial charge >= 0.3 is 6.03 Å². The lowest BCUT2D eigenvalue weighted by molar-refractivity contribution is -0.120. The fourth-order valence-electron chi connectivity index (χ4n) is 2.60. The van der Waals surface area contributed by atoms with Crippen molar-refractivity contribution in [2.75, 3.05) is 19.7 Å². The van der Waals surface area contributed by atoms with E-state index in [0.29, 0.717) is 19.0 Å². The summed E-state index contributed by atoms with van der Waals surface area (Å²) in [6.45, 7) is 2.59. The first-order valence-corrected chi connectivity index (χ1v) is 7.85. The number of nitrogens with two attached hydrogens (primary N) is 1. The largest absolute Gasteiger partial charge is 0.367 e. The Morgan fingerprint density at radius 3 is 2.88 bits per heavy atom. The van der Waals surface area contributed by atoms with Crippen molar-refractivity contribution in [1.29, 1.82) is 0 Å². The predicted octanol–water partition coefficient (Wildman–Crippen LogP) is -0.558. The van der Waals surface area contributed by atoms with Crippen molar-refractivity contribution >= 4 is 11.9 Å². The summed E-state index contributed by atoms with van der Waals surface area (Å²) in [6, 6.07) is 9.25. The van der Waals surface area contributed by atoms with Crippen LogP contribution in [0.3, 0.4) is 0 Å². The van der Waals surface area contributed by atoms with E-state index in [-0.39, 0.29) is 12.6 Å². The monoisotopic (exact) mass is 345 g/mol. The molecule has 1 saturated heterocycles. The van der Waals surface area contributed by atoms with Crippen molar-refractivity contribution in [3.63, 3.8) is 0 Å². The maximum Gasteiger partial charge on any atom is 0.318 e. The number of tetrazole rings is 1. The van der Waals surface area contributed by atoms with E-state index < -0.39 is 11.9 Å². The number of urea groups is 1. The van der Waals surface area contributed by atoms with Crippen LogP contribution in [0.2, 0.25) is 0 Å². The molecule has 1 atom stereocenters. The highest BCUT2D eigenvalue weighted by molar-refractivity contribution is 5.93. The molecule has 0 spiro atoms. The minimum atomic E-state index is -0.919. The van der Waals surface area contributed by atoms with Gasteiger partial charge < -0.3 is 10.5 Å². The average molecular weight is 345 g/mol. The fourth-order valence-corrected chi connectivity index (χ4v) is 2.60. The summed E-state index contributed by atoms with van der Waals surface area (Å²) < 4.78 is 5.72. The molecule has 10 heteroatoms. The molecule has 2 aromatic rings. The molecule has 0 radical (unpaired) electrons. The van der Waals surface area contributed by atoms with Crippen LogP contribution >= 0.6 is 0 Å². The summed E-state index contributed by atoms with van der Waals surface area (Å²) in [5.74, 6) is -0.198. The van der Waals surface area contributed by atoms with Crippen molar-refractivity contribution in [3.8, 4) is 0 Å². The van der Waals surface area contributed by atoms with Crippen LogP contribution in [-0.2, 0) is 22.6 Å². The quantitative estimate of drug-likeness (QED) is 0.743. The van der Waals surface area contributed by atoms with E-state index in [4.69, 9.17) is 10.5 Å². The zero-order valence-corrected chi connectivity index (χ0v) is 13.5. The Labute approximate surface area is 143 Å². The molecule has 25 heavy (non-hydrogen) atoms. The zero-order valence-electron chi connectivity index (χ0n) is 13.5. The van der Waals surface area contributed by atoms with Crippen molar-refractivity contribution in [3.05, 3.63) is 41.7 Å². The van der Waals surface area contributed by atoms with Gasteiger partial charge in [-0.15, -0.1) is 10.2 Å². The lowest BCUT2D eigenvalue weighted by atomic mass is 10.2. The summed E-state index contributed by atoms with van der Waals surface area (Å²) >= 11 is 0. The normalized spacial score (nSPS) is 18.0. The maximum absolute atomic E-state index is 11.5. The van der Waals surface area contributed by atoms with Crippen molar-refractivity contribution in [2.45, 2.75) is 19.2 Å². The molecular formula is C15H19N7O3. The number of imide groups is 1. The average Bonchev–Trinajstić information content (AvgIpc) is 3.03. The van der Waals surface area contributed by atoms with Crippen molar-refractivity contribution in [2.24, 2.45) is 5.73 Å². The topological polar surface area (TPSA) is 128 Å². The van der Waals surface area contributed by atoms with Crippen LogP contribution in [0.1, 0.15) is 17.5 Å². The Hall–Kier alpha value is -2.85. The molecule has 1 unspecified atom stereocenters. The van der Waals surface area contributed by atoms with E-state index in [1.165, 1.54) is 5.56 Å². The summed E-state index contributed by atoms with van der Waals surface area (Å²) in [7, 11) is 0. The summed E-state index contributed by atoms with van der Waals surface area (Å²) in [6.07, 6.45) is -0.314. The second-order valence-electron chi connectivity index (χ2n) is 5.67. The minimum absolute atomic E-state index is 0.240. The van der Waals surface area contributed by atoms with E-state index in [1.807, 2.05) is 23.5 Å². The molecule has 1 aliphatic heterocycles. The molecule has 0 saturated carbocycles. The van der Waals surface area contributed by atoms with Gasteiger partial charge in [-0.25, -0.2) is 4.79 Å². The Morgan fingerprint density at radius 2 is 2.12 bits per heavy atom. The number of morpholine rings is 1. The maximum atomic E-state index is 11.5. The number of ether oxygens (including phenoxy) is 1. The predicted molar refractivity (Wildman–Crippen MR) is 86.0 cm³/mol. The molecule has 2 heterocycles. The SMILES string of the molecule is NC(=O)NC(=O)Cn1nnc(C2CN(Cc3ccccc3)CCO2)n1. The smallest absolute Gasteiger partial charge is 0.318 e. The second kappa shape index (κ2) is 7.81. The molecule has 10 nitrogen and oxygen atoms in total. The lowest BCUT2D eigenvalue weighted by Gasteiger charge is -2.31. The van der Waals surface area contributed by atoms with Crippen molar-refractivity contribution < 1.29 is 14.3 Å². The van der Waals surface area contributed by atoms with Gasteiger partial charge in [-0.3, -0.25) is 15.0 Å². The van der Waals surface area contributed by atoms with Gasteiger partial charge in [0.25, 0.3) is 5.91 Å². The van der Waals surface area contributed by atoms with Gasteiger partial charge in [-0.1, -0.05) is 30.3 Å². The number of hydrogen-bond acceptors (Lipinski definition) is 7. The number of hydrogen-bond donors (Lipinski definition) is 2. The van der Waals surface area contributed by atoms with Crippen LogP contribution in [0.15, 0.2) is 30.3 Å². The molecule has 1 aromatic heterocycles. The molecule has 1 aliphatic rings. The molecule has 3 N–H and O–H groups in total. The molecular weight excluding hydrogens is 326 g/mol. The number of carbonyl (C=O) groups is 2. The van der Waals surface area contributed by atoms with Crippen LogP contribution in [0, 0.1) is 0 Å². The first kappa shape index (κ1) is 17.0. The number of amides is 3. The molecule has 0 bridgehead atoms. The first-order valence-electron chi connectivity index (χ1n) is 7.85. The number of nitrogens with zero attached hydrogens (tertiary/aromatic N) is 5. The Morgan fingerprint density at radius 1 is 1.32 bits per heavy atom. The minimum Gasteiger partial charge on any atom is -0.367 e. The van der Waals surface area contributed by atoms with Crippen LogP contribution in [0.25, 0.3) is 0 Å². The number of benzene rings is 1. The summed E-state index contributed by atoms with van der Waals surface area (Å²) in [5.41, 5.74) is 6.11. The van der Waals surface area contributed by atoms with E-state index in [0.717, 1.165) is 17.9 Å². The number of carbonyl (C=O) groups excluding carboxylic acids is 2. The molecule has 1 fully saturated rings. The number of nitrogens with one attached hydrogen (secondary N) is 1. The number of rotatable bonds is 5. The molecule has 1 aromatic carbocycles. The van der Waals surface area contributed by atoms with Gasteiger partial charge in [0.05, 0.1) is 6.61 Å². The molecule has 3 amide bonds. The Balaban J connectivity index is 1.58. The molecule has 3 rings (SSSR count). The van der Waals surface area contributed by atoms with E-state index in [1.54, 1.807) is 0 Å². The van der Waals surface area contributed by atoms with Crippen LogP contribution in [-0.4, -0.2) is 56.7 Å². The van der Waals surface area contributed by atoms with Gasteiger partial charge in [0.2, 0.25) is 5.82 Å². The Bertz CT molecular complexity index is 734. The standard InChI is InChI=1S/C15H19N7O3/c16-15(24)17-13(23)10-22-19-14(18-20-22)12-9-21(6-7-25-12)8-11-4-2-1-3-5-11/h1-5,12H,6-10H2,(H3,16,17,23,24).